The quantitative estimate of drug-likeness (QED) is 0.0403. The van der Waals surface area contributed by atoms with Gasteiger partial charge in [0.1, 0.15) is 23.3 Å². The molecule has 0 bridgehead atoms. The number of pyridine rings is 2. The number of nitrogen functional groups attached to an aromatic ring is 5. The van der Waals surface area contributed by atoms with Crippen LogP contribution in [0.3, 0.4) is 0 Å². The summed E-state index contributed by atoms with van der Waals surface area (Å²) in [4.78, 5) is 68.4. The fraction of sp³-hybridized carbons (Fsp3) is 0.114. The number of carbonyl (C=O) groups excluding carboxylic acids is 1. The summed E-state index contributed by atoms with van der Waals surface area (Å²) < 4.78 is 5.06. The molecule has 21 rings (SSSR count). The Balaban J connectivity index is 0.000000121. The number of methoxy groups -OCH3 is 1. The van der Waals surface area contributed by atoms with Crippen molar-refractivity contribution in [1.82, 2.24) is 106 Å². The van der Waals surface area contributed by atoms with E-state index in [-0.39, 0.29) is 23.6 Å². The number of benzene rings is 10. The lowest BCUT2D eigenvalue weighted by Crippen LogP contribution is -2.29. The van der Waals surface area contributed by atoms with Gasteiger partial charge < -0.3 is 38.7 Å². The summed E-state index contributed by atoms with van der Waals surface area (Å²) in [5.74, 6) is 2.51. The molecule has 0 saturated heterocycles. The number of fused-ring (bicyclic) bond motifs is 5. The molecule has 2 amide bonds. The lowest BCUT2D eigenvalue weighted by Gasteiger charge is -2.22. The van der Waals surface area contributed by atoms with Crippen LogP contribution in [0, 0.1) is 6.92 Å². The number of anilines is 6. The maximum Gasteiger partial charge on any atom is 0.320 e. The second-order valence-electron chi connectivity index (χ2n) is 33.1. The van der Waals surface area contributed by atoms with Crippen molar-refractivity contribution in [3.8, 4) is 118 Å². The first kappa shape index (κ1) is 94.3. The van der Waals surface area contributed by atoms with Gasteiger partial charge in [-0.2, -0.15) is 20.4 Å². The molecular weight excluding hydrogens is 1850 g/mol. The number of hydrogen-bond donors (Lipinski definition) is 11. The van der Waals surface area contributed by atoms with Gasteiger partial charge in [0.05, 0.1) is 164 Å². The number of amides is 2. The number of aromatic nitrogens is 20. The van der Waals surface area contributed by atoms with Crippen molar-refractivity contribution in [3.05, 3.63) is 327 Å². The second-order valence-corrected chi connectivity index (χ2v) is 35.1. The number of ether oxygens (including phenoxy) is 1. The third-order valence-electron chi connectivity index (χ3n) is 22.4. The van der Waals surface area contributed by atoms with Gasteiger partial charge >= 0.3 is 6.03 Å². The minimum Gasteiger partial charge on any atom is -0.481 e. The number of halogens is 5. The fourth-order valence-corrected chi connectivity index (χ4v) is 16.9. The van der Waals surface area contributed by atoms with E-state index in [1.165, 1.54) is 0 Å². The molecular formula is C105H90Cl5N27O2. The Morgan fingerprint density at radius 3 is 1.12 bits per heavy atom. The standard InChI is InChI=1S/C27H22ClN7O2.C21H20ClN5.C20H18ClN5.C19H16ClN5.C18H14ClN5/c1-37-21-10-9-16(14-31-21)15-32-27(36)35-26-25(29)33-23(17-6-3-2-4-7-17)24(34-26)19-12-18-8-5-11-30-22(18)20(28)13-19;1-21(2,3)19-20(23)26-17(12-7-5-4-6-8-12)18(25-19)13-9-14-11-24-27-16(14)15(22)10-13;1-2-6-16-20(22)25-18(12-7-4-3-5-8-12)19(24-16)13-9-14-11-23-26-17(14)15(21)10-13;1-2-15-19(21)24-17(11-6-4-3-5-7-11)18(23-15)12-8-13-10-22-25-16(13)14(20)9-12;1-10-18(20)23-16(11-5-3-2-4-6-11)17(22-10)12-7-13-9-21-24-15(13)14(19)8-12/h2-14H,15H2,1H3,(H2,29,33)(H2,32,34,35,36);4-11H,1-3H3,(H2,23,26)(H,24,27);3-5,7-11H,2,6H2,1H3,(H2,22,25)(H,23,26);3-10H,2H2,1H3,(H2,21,24)(H,22,25);2-9H,1H3,(H2,20,23)(H,21,24). The van der Waals surface area contributed by atoms with E-state index in [0.29, 0.717) is 88.8 Å². The lowest BCUT2D eigenvalue weighted by molar-refractivity contribution is 0.251. The van der Waals surface area contributed by atoms with Crippen LogP contribution in [0.2, 0.25) is 25.1 Å². The first-order valence-electron chi connectivity index (χ1n) is 44.0. The maximum atomic E-state index is 12.7. The van der Waals surface area contributed by atoms with E-state index in [1.807, 2.05) is 238 Å². The highest BCUT2D eigenvalue weighted by molar-refractivity contribution is 6.37. The van der Waals surface area contributed by atoms with Crippen LogP contribution in [0.5, 0.6) is 5.88 Å². The Morgan fingerprint density at radius 2 is 0.727 bits per heavy atom. The van der Waals surface area contributed by atoms with E-state index in [2.05, 4.69) is 114 Å². The van der Waals surface area contributed by atoms with Crippen molar-refractivity contribution in [2.75, 3.05) is 41.1 Å². The van der Waals surface area contributed by atoms with E-state index in [0.717, 1.165) is 180 Å². The molecule has 34 heteroatoms. The number of urea groups is 1. The van der Waals surface area contributed by atoms with E-state index >= 15 is 0 Å². The second kappa shape index (κ2) is 41.8. The zero-order valence-corrected chi connectivity index (χ0v) is 79.8. The molecule has 16 N–H and O–H groups in total. The van der Waals surface area contributed by atoms with Crippen molar-refractivity contribution in [1.29, 1.82) is 0 Å². The topological polar surface area (TPSA) is 450 Å². The molecule has 0 spiro atoms. The van der Waals surface area contributed by atoms with Crippen LogP contribution < -0.4 is 44.0 Å². The molecule has 0 aliphatic rings. The first-order valence-corrected chi connectivity index (χ1v) is 45.9. The molecule has 0 fully saturated rings. The van der Waals surface area contributed by atoms with Gasteiger partial charge in [0.25, 0.3) is 0 Å². The Hall–Kier alpha value is -16.4. The smallest absolute Gasteiger partial charge is 0.320 e. The fourth-order valence-electron chi connectivity index (χ4n) is 15.6. The van der Waals surface area contributed by atoms with Crippen molar-refractivity contribution >= 4 is 153 Å². The molecule has 11 heterocycles. The number of nitrogens with zero attached hydrogens (tertiary/aromatic N) is 16. The van der Waals surface area contributed by atoms with Gasteiger partial charge in [0.2, 0.25) is 5.88 Å². The molecule has 0 saturated carbocycles. The number of aromatic amines is 4. The molecule has 0 aliphatic heterocycles. The summed E-state index contributed by atoms with van der Waals surface area (Å²) in [7, 11) is 1.54. The SMILES string of the molecule is CC(C)(C)c1nc(-c2cc(Cl)c3[nH]ncc3c2)c(-c2ccccc2)nc1N.CCCc1nc(-c2cc(Cl)c3[nH]ncc3c2)c(-c2ccccc2)nc1N.CCc1nc(-c2cc(Cl)c3[nH]ncc3c2)c(-c2ccccc2)nc1N.COc1ccc(CNC(=O)Nc2nc(-c3cc(Cl)c4ncccc4c3)c(-c3ccccc3)nc2N)cn1.Cc1nc(-c2cc(Cl)c3[nH]ncc3c2)c(-c2ccccc2)nc1N. The lowest BCUT2D eigenvalue weighted by atomic mass is 9.91. The molecule has 11 aromatic heterocycles. The number of H-pyrrole nitrogens is 4. The average Bonchev–Trinajstić information content (AvgIpc) is 1.75. The number of rotatable bonds is 17. The molecule has 0 aliphatic carbocycles. The zero-order valence-electron chi connectivity index (χ0n) is 76.1. The molecule has 0 unspecified atom stereocenters. The minimum absolute atomic E-state index is 0.0809. The zero-order chi connectivity index (χ0) is 97.1. The van der Waals surface area contributed by atoms with Crippen molar-refractivity contribution in [3.63, 3.8) is 0 Å². The van der Waals surface area contributed by atoms with Crippen LogP contribution in [-0.4, -0.2) is 114 Å². The van der Waals surface area contributed by atoms with Crippen LogP contribution in [0.1, 0.15) is 69.4 Å². The van der Waals surface area contributed by atoms with E-state index in [9.17, 15) is 4.79 Å². The Bertz CT molecular complexity index is 8050. The first-order chi connectivity index (χ1) is 67.3. The van der Waals surface area contributed by atoms with Gasteiger partial charge in [0.15, 0.2) is 11.6 Å². The Kier molecular flexibility index (Phi) is 28.4. The minimum atomic E-state index is -0.490. The van der Waals surface area contributed by atoms with Gasteiger partial charge in [0, 0.05) is 113 Å². The molecule has 21 aromatic rings. The molecule has 692 valence electrons. The van der Waals surface area contributed by atoms with E-state index in [4.69, 9.17) is 116 Å². The van der Waals surface area contributed by atoms with Gasteiger partial charge in [-0.1, -0.05) is 263 Å². The van der Waals surface area contributed by atoms with Gasteiger partial charge in [-0.05, 0) is 92.1 Å². The highest BCUT2D eigenvalue weighted by atomic mass is 35.5. The number of hydrogen-bond acceptors (Lipinski definition) is 23. The van der Waals surface area contributed by atoms with E-state index < -0.39 is 6.03 Å². The normalized spacial score (nSPS) is 11.2. The largest absolute Gasteiger partial charge is 0.481 e. The summed E-state index contributed by atoms with van der Waals surface area (Å²) in [5.41, 5.74) is 54.3. The average molecular weight is 1940 g/mol. The summed E-state index contributed by atoms with van der Waals surface area (Å²) in [6, 6.07) is 75.3. The van der Waals surface area contributed by atoms with Crippen LogP contribution in [-0.2, 0) is 24.8 Å². The van der Waals surface area contributed by atoms with Crippen molar-refractivity contribution in [2.24, 2.45) is 0 Å². The number of nitrogens with one attached hydrogen (secondary N) is 6. The molecule has 29 nitrogen and oxygen atoms in total. The monoisotopic (exact) mass is 1940 g/mol. The highest BCUT2D eigenvalue weighted by Crippen LogP contribution is 2.43. The summed E-state index contributed by atoms with van der Waals surface area (Å²) in [6.45, 7) is 12.4. The maximum absolute atomic E-state index is 12.7. The third-order valence-corrected chi connectivity index (χ3v) is 23.9. The summed E-state index contributed by atoms with van der Waals surface area (Å²) in [5, 5.41) is 40.8. The predicted molar refractivity (Wildman–Crippen MR) is 559 cm³/mol. The van der Waals surface area contributed by atoms with Crippen LogP contribution in [0.25, 0.3) is 167 Å². The molecule has 10 aromatic carbocycles. The third kappa shape index (κ3) is 21.2. The number of aryl methyl sites for hydroxylation is 3. The summed E-state index contributed by atoms with van der Waals surface area (Å²) >= 11 is 32.3. The Labute approximate surface area is 822 Å². The molecule has 139 heavy (non-hydrogen) atoms. The number of carbonyl (C=O) groups is 1. The summed E-state index contributed by atoms with van der Waals surface area (Å²) in [6.07, 6.45) is 12.7. The Morgan fingerprint density at radius 1 is 0.367 bits per heavy atom. The number of nitrogens with two attached hydrogens (primary N) is 5. The van der Waals surface area contributed by atoms with Crippen LogP contribution >= 0.6 is 58.0 Å². The highest BCUT2D eigenvalue weighted by Gasteiger charge is 2.27. The molecule has 0 radical (unpaired) electrons. The van der Waals surface area contributed by atoms with Crippen molar-refractivity contribution in [2.45, 2.75) is 72.8 Å². The van der Waals surface area contributed by atoms with Crippen LogP contribution in [0.15, 0.2) is 274 Å². The molecule has 0 atom stereocenters. The van der Waals surface area contributed by atoms with Gasteiger partial charge in [-0.15, -0.1) is 0 Å². The van der Waals surface area contributed by atoms with Crippen molar-refractivity contribution < 1.29 is 9.53 Å². The van der Waals surface area contributed by atoms with Gasteiger partial charge in [-0.3, -0.25) is 30.7 Å². The predicted octanol–water partition coefficient (Wildman–Crippen LogP) is 24.1. The van der Waals surface area contributed by atoms with E-state index in [1.54, 1.807) is 56.4 Å². The van der Waals surface area contributed by atoms with Gasteiger partial charge in [-0.25, -0.2) is 59.6 Å². The van der Waals surface area contributed by atoms with Crippen LogP contribution in [0.4, 0.5) is 39.7 Å².